The normalized spacial score (nSPS) is 20.3. The first kappa shape index (κ1) is 10.9. The van der Waals surface area contributed by atoms with Gasteiger partial charge in [0.25, 0.3) is 0 Å². The fraction of sp³-hybridized carbons (Fsp3) is 1.00. The average molecular weight is 189 g/mol. The summed E-state index contributed by atoms with van der Waals surface area (Å²) < 4.78 is 10.00. The van der Waals surface area contributed by atoms with Gasteiger partial charge in [0.15, 0.2) is 6.29 Å². The molecule has 0 radical (unpaired) electrons. The summed E-state index contributed by atoms with van der Waals surface area (Å²) in [6.45, 7) is 1.26. The third-order valence-corrected chi connectivity index (χ3v) is 2.58. The van der Waals surface area contributed by atoms with Gasteiger partial charge in [-0.25, -0.2) is 0 Å². The first-order valence-electron chi connectivity index (χ1n) is 4.69. The Bertz CT molecular complexity index is 144. The van der Waals surface area contributed by atoms with Gasteiger partial charge in [0.2, 0.25) is 0 Å². The highest BCUT2D eigenvalue weighted by atomic mass is 16.7. The van der Waals surface area contributed by atoms with E-state index >= 15 is 0 Å². The molecule has 0 bridgehead atoms. The Morgan fingerprint density at radius 3 is 2.38 bits per heavy atom. The number of ether oxygens (including phenoxy) is 2. The van der Waals surface area contributed by atoms with Crippen molar-refractivity contribution in [3.63, 3.8) is 0 Å². The molecule has 0 aliphatic heterocycles. The molecule has 78 valence electrons. The molecule has 0 aromatic heterocycles. The zero-order chi connectivity index (χ0) is 9.73. The lowest BCUT2D eigenvalue weighted by atomic mass is 9.80. The molecule has 0 atom stereocenters. The van der Waals surface area contributed by atoms with E-state index in [9.17, 15) is 5.11 Å². The second kappa shape index (κ2) is 4.91. The summed E-state index contributed by atoms with van der Waals surface area (Å²) in [5.74, 6) is 0. The summed E-state index contributed by atoms with van der Waals surface area (Å²) in [5.41, 5.74) is -0.466. The zero-order valence-corrected chi connectivity index (χ0v) is 8.38. The maximum absolute atomic E-state index is 9.72. The summed E-state index contributed by atoms with van der Waals surface area (Å²) in [4.78, 5) is 0. The topological polar surface area (TPSA) is 50.7 Å². The molecule has 0 heterocycles. The lowest BCUT2D eigenvalue weighted by Crippen LogP contribution is -2.48. The number of hydrogen-bond acceptors (Lipinski definition) is 4. The van der Waals surface area contributed by atoms with E-state index in [4.69, 9.17) is 9.47 Å². The predicted octanol–water partition coefficient (Wildman–Crippen LogP) is 0.110. The van der Waals surface area contributed by atoms with E-state index in [2.05, 4.69) is 5.32 Å². The summed E-state index contributed by atoms with van der Waals surface area (Å²) in [6, 6.07) is 0. The van der Waals surface area contributed by atoms with Gasteiger partial charge in [-0.3, -0.25) is 0 Å². The largest absolute Gasteiger partial charge is 0.389 e. The van der Waals surface area contributed by atoms with Gasteiger partial charge in [0.1, 0.15) is 0 Å². The van der Waals surface area contributed by atoms with E-state index in [-0.39, 0.29) is 6.29 Å². The monoisotopic (exact) mass is 189 g/mol. The molecule has 0 aromatic rings. The Balaban J connectivity index is 2.05. The lowest BCUT2D eigenvalue weighted by Gasteiger charge is -2.37. The van der Waals surface area contributed by atoms with Crippen LogP contribution in [0.3, 0.4) is 0 Å². The van der Waals surface area contributed by atoms with E-state index in [0.29, 0.717) is 13.1 Å². The quantitative estimate of drug-likeness (QED) is 0.582. The maximum atomic E-state index is 9.72. The highest BCUT2D eigenvalue weighted by molar-refractivity contribution is 4.89. The van der Waals surface area contributed by atoms with Crippen LogP contribution in [-0.4, -0.2) is 44.3 Å². The number of aliphatic hydroxyl groups is 1. The van der Waals surface area contributed by atoms with E-state index in [1.165, 1.54) is 0 Å². The van der Waals surface area contributed by atoms with E-state index < -0.39 is 5.60 Å². The summed E-state index contributed by atoms with van der Waals surface area (Å²) in [7, 11) is 3.21. The van der Waals surface area contributed by atoms with E-state index in [1.54, 1.807) is 14.2 Å². The molecule has 1 fully saturated rings. The molecular weight excluding hydrogens is 170 g/mol. The van der Waals surface area contributed by atoms with Crippen LogP contribution < -0.4 is 5.32 Å². The van der Waals surface area contributed by atoms with Crippen LogP contribution >= 0.6 is 0 Å². The lowest BCUT2D eigenvalue weighted by molar-refractivity contribution is -0.103. The number of hydrogen-bond donors (Lipinski definition) is 2. The smallest absolute Gasteiger partial charge is 0.169 e. The molecule has 1 aliphatic rings. The molecule has 0 aromatic carbocycles. The number of nitrogens with one attached hydrogen (secondary N) is 1. The molecule has 2 N–H and O–H groups in total. The Kier molecular flexibility index (Phi) is 4.12. The molecule has 0 unspecified atom stereocenters. The third-order valence-electron chi connectivity index (χ3n) is 2.58. The van der Waals surface area contributed by atoms with Crippen molar-refractivity contribution in [3.05, 3.63) is 0 Å². The third kappa shape index (κ3) is 3.23. The Morgan fingerprint density at radius 1 is 1.38 bits per heavy atom. The van der Waals surface area contributed by atoms with Crippen LogP contribution in [0.15, 0.2) is 0 Å². The van der Waals surface area contributed by atoms with Crippen molar-refractivity contribution in [1.29, 1.82) is 0 Å². The van der Waals surface area contributed by atoms with Crippen molar-refractivity contribution in [2.24, 2.45) is 0 Å². The summed E-state index contributed by atoms with van der Waals surface area (Å²) >= 11 is 0. The minimum Gasteiger partial charge on any atom is -0.389 e. The predicted molar refractivity (Wildman–Crippen MR) is 49.5 cm³/mol. The van der Waals surface area contributed by atoms with Gasteiger partial charge in [-0.05, 0) is 19.3 Å². The van der Waals surface area contributed by atoms with Gasteiger partial charge in [-0.2, -0.15) is 0 Å². The van der Waals surface area contributed by atoms with Gasteiger partial charge >= 0.3 is 0 Å². The second-order valence-corrected chi connectivity index (χ2v) is 3.61. The highest BCUT2D eigenvalue weighted by Crippen LogP contribution is 2.30. The van der Waals surface area contributed by atoms with Crippen LogP contribution in [0, 0.1) is 0 Å². The highest BCUT2D eigenvalue weighted by Gasteiger charge is 2.33. The Morgan fingerprint density at radius 2 is 2.00 bits per heavy atom. The van der Waals surface area contributed by atoms with Crippen molar-refractivity contribution in [2.45, 2.75) is 31.2 Å². The number of methoxy groups -OCH3 is 2. The molecule has 1 rings (SSSR count). The van der Waals surface area contributed by atoms with Gasteiger partial charge in [0.05, 0.1) is 5.60 Å². The molecule has 13 heavy (non-hydrogen) atoms. The van der Waals surface area contributed by atoms with Crippen molar-refractivity contribution >= 4 is 0 Å². The minimum atomic E-state index is -0.466. The molecule has 4 heteroatoms. The maximum Gasteiger partial charge on any atom is 0.169 e. The molecule has 0 amide bonds. The SMILES string of the molecule is COC(CNCC1(O)CCC1)OC. The van der Waals surface area contributed by atoms with Crippen LogP contribution in [0.2, 0.25) is 0 Å². The molecule has 1 aliphatic carbocycles. The van der Waals surface area contributed by atoms with Gasteiger partial charge in [0, 0.05) is 27.3 Å². The zero-order valence-electron chi connectivity index (χ0n) is 8.38. The Hall–Kier alpha value is -0.160. The summed E-state index contributed by atoms with van der Waals surface area (Å²) in [5, 5.41) is 12.9. The standard InChI is InChI=1S/C9H19NO3/c1-12-8(13-2)6-10-7-9(11)4-3-5-9/h8,10-11H,3-7H2,1-2H3. The molecule has 1 saturated carbocycles. The van der Waals surface area contributed by atoms with Gasteiger partial charge in [-0.1, -0.05) is 0 Å². The average Bonchev–Trinajstić information content (AvgIpc) is 2.10. The first-order chi connectivity index (χ1) is 6.20. The minimum absolute atomic E-state index is 0.219. The second-order valence-electron chi connectivity index (χ2n) is 3.61. The van der Waals surface area contributed by atoms with Crippen molar-refractivity contribution in [1.82, 2.24) is 5.32 Å². The van der Waals surface area contributed by atoms with Crippen LogP contribution in [0.25, 0.3) is 0 Å². The van der Waals surface area contributed by atoms with Gasteiger partial charge < -0.3 is 19.9 Å². The first-order valence-corrected chi connectivity index (χ1v) is 4.69. The molecule has 0 saturated heterocycles. The number of rotatable bonds is 6. The molecule has 4 nitrogen and oxygen atoms in total. The van der Waals surface area contributed by atoms with E-state index in [0.717, 1.165) is 19.3 Å². The fourth-order valence-corrected chi connectivity index (χ4v) is 1.45. The molecule has 0 spiro atoms. The van der Waals surface area contributed by atoms with Crippen LogP contribution in [0.5, 0.6) is 0 Å². The van der Waals surface area contributed by atoms with Crippen molar-refractivity contribution in [2.75, 3.05) is 27.3 Å². The Labute approximate surface area is 79.2 Å². The van der Waals surface area contributed by atoms with Crippen LogP contribution in [0.1, 0.15) is 19.3 Å². The fourth-order valence-electron chi connectivity index (χ4n) is 1.45. The van der Waals surface area contributed by atoms with Crippen molar-refractivity contribution < 1.29 is 14.6 Å². The van der Waals surface area contributed by atoms with E-state index in [1.807, 2.05) is 0 Å². The summed E-state index contributed by atoms with van der Waals surface area (Å²) in [6.07, 6.45) is 2.73. The molecular formula is C9H19NO3. The van der Waals surface area contributed by atoms with Gasteiger partial charge in [-0.15, -0.1) is 0 Å². The van der Waals surface area contributed by atoms with Crippen LogP contribution in [0.4, 0.5) is 0 Å². The van der Waals surface area contributed by atoms with Crippen molar-refractivity contribution in [3.8, 4) is 0 Å². The van der Waals surface area contributed by atoms with Crippen LogP contribution in [-0.2, 0) is 9.47 Å².